The molecule has 2 N–H and O–H groups in total. The highest BCUT2D eigenvalue weighted by atomic mass is 16.5. The highest BCUT2D eigenvalue weighted by Gasteiger charge is 2.19. The van der Waals surface area contributed by atoms with Gasteiger partial charge in [-0.2, -0.15) is 5.26 Å². The van der Waals surface area contributed by atoms with E-state index < -0.39 is 0 Å². The van der Waals surface area contributed by atoms with Gasteiger partial charge >= 0.3 is 0 Å². The molecule has 1 aliphatic rings. The van der Waals surface area contributed by atoms with Crippen LogP contribution in [-0.2, 0) is 6.54 Å². The third kappa shape index (κ3) is 5.48. The van der Waals surface area contributed by atoms with Crippen molar-refractivity contribution in [3.8, 4) is 11.8 Å². The Balaban J connectivity index is 1.63. The number of rotatable bonds is 7. The van der Waals surface area contributed by atoms with Gasteiger partial charge in [0.05, 0.1) is 18.7 Å². The average Bonchev–Trinajstić information content (AvgIpc) is 2.74. The smallest absolute Gasteiger partial charge is 0.119 e. The molecular formula is C23H31N5O. The summed E-state index contributed by atoms with van der Waals surface area (Å²) in [7, 11) is 5.73. The summed E-state index contributed by atoms with van der Waals surface area (Å²) < 4.78 is 5.24. The normalized spacial score (nSPS) is 15.9. The number of likely N-dealkylation sites (N-methyl/N-ethyl adjacent to an activating group) is 1. The fourth-order valence-electron chi connectivity index (χ4n) is 3.78. The summed E-state index contributed by atoms with van der Waals surface area (Å²) in [6.45, 7) is 5.42. The molecule has 0 bridgehead atoms. The monoisotopic (exact) mass is 393 g/mol. The number of hydrogen-bond acceptors (Lipinski definition) is 6. The number of hydrogen-bond donors (Lipinski definition) is 1. The summed E-state index contributed by atoms with van der Waals surface area (Å²) in [4.78, 5) is 6.89. The van der Waals surface area contributed by atoms with Crippen LogP contribution in [0.15, 0.2) is 42.5 Å². The van der Waals surface area contributed by atoms with Gasteiger partial charge in [0, 0.05) is 51.0 Å². The molecule has 0 saturated carbocycles. The van der Waals surface area contributed by atoms with E-state index in [1.807, 2.05) is 38.4 Å². The number of piperazine rings is 1. The van der Waals surface area contributed by atoms with E-state index in [9.17, 15) is 5.26 Å². The molecule has 0 spiro atoms. The fraction of sp³-hybridized carbons (Fsp3) is 0.435. The third-order valence-corrected chi connectivity index (χ3v) is 5.44. The van der Waals surface area contributed by atoms with Crippen LogP contribution in [0.5, 0.6) is 5.75 Å². The molecule has 1 fully saturated rings. The Hall–Kier alpha value is -2.59. The zero-order chi connectivity index (χ0) is 20.8. The Bertz CT molecular complexity index is 835. The van der Waals surface area contributed by atoms with Crippen molar-refractivity contribution < 1.29 is 4.74 Å². The number of nitrogens with zero attached hydrogens (tertiary/aromatic N) is 4. The van der Waals surface area contributed by atoms with E-state index in [4.69, 9.17) is 10.5 Å². The highest BCUT2D eigenvalue weighted by Crippen LogP contribution is 2.22. The van der Waals surface area contributed by atoms with Crippen LogP contribution in [0.2, 0.25) is 0 Å². The molecule has 0 aromatic heterocycles. The lowest BCUT2D eigenvalue weighted by Gasteiger charge is -2.36. The van der Waals surface area contributed by atoms with E-state index >= 15 is 0 Å². The molecule has 154 valence electrons. The van der Waals surface area contributed by atoms with Crippen molar-refractivity contribution in [3.63, 3.8) is 0 Å². The Kier molecular flexibility index (Phi) is 7.10. The van der Waals surface area contributed by atoms with E-state index in [1.165, 1.54) is 5.69 Å². The van der Waals surface area contributed by atoms with Crippen LogP contribution in [-0.4, -0.2) is 63.7 Å². The predicted molar refractivity (Wildman–Crippen MR) is 117 cm³/mol. The largest absolute Gasteiger partial charge is 0.497 e. The van der Waals surface area contributed by atoms with Gasteiger partial charge in [0.2, 0.25) is 0 Å². The summed E-state index contributed by atoms with van der Waals surface area (Å²) in [6, 6.07) is 16.5. The summed E-state index contributed by atoms with van der Waals surface area (Å²) >= 11 is 0. The molecule has 0 radical (unpaired) electrons. The van der Waals surface area contributed by atoms with Crippen LogP contribution in [0.4, 0.5) is 5.69 Å². The molecule has 2 aromatic rings. The minimum absolute atomic E-state index is 0.0524. The van der Waals surface area contributed by atoms with Crippen molar-refractivity contribution in [1.82, 2.24) is 9.80 Å². The first kappa shape index (κ1) is 21.1. The Morgan fingerprint density at radius 3 is 2.38 bits per heavy atom. The lowest BCUT2D eigenvalue weighted by atomic mass is 9.99. The van der Waals surface area contributed by atoms with Gasteiger partial charge in [-0.3, -0.25) is 4.90 Å². The first-order valence-corrected chi connectivity index (χ1v) is 10.0. The van der Waals surface area contributed by atoms with Crippen LogP contribution in [0.3, 0.4) is 0 Å². The number of methoxy groups -OCH3 is 1. The number of anilines is 1. The lowest BCUT2D eigenvalue weighted by Crippen LogP contribution is -2.46. The van der Waals surface area contributed by atoms with Crippen LogP contribution in [0.25, 0.3) is 0 Å². The van der Waals surface area contributed by atoms with Crippen molar-refractivity contribution >= 4 is 5.69 Å². The summed E-state index contributed by atoms with van der Waals surface area (Å²) in [5.74, 6) is 0.878. The van der Waals surface area contributed by atoms with E-state index in [0.29, 0.717) is 0 Å². The first-order valence-electron chi connectivity index (χ1n) is 10.0. The van der Waals surface area contributed by atoms with Gasteiger partial charge in [-0.25, -0.2) is 0 Å². The molecule has 1 aliphatic heterocycles. The molecule has 1 heterocycles. The maximum absolute atomic E-state index is 9.53. The van der Waals surface area contributed by atoms with E-state index in [0.717, 1.165) is 61.7 Å². The molecule has 6 heteroatoms. The van der Waals surface area contributed by atoms with Gasteiger partial charge in [0.25, 0.3) is 0 Å². The van der Waals surface area contributed by atoms with Crippen LogP contribution < -0.4 is 15.4 Å². The second kappa shape index (κ2) is 9.75. The third-order valence-electron chi connectivity index (χ3n) is 5.44. The summed E-state index contributed by atoms with van der Waals surface area (Å²) in [5, 5.41) is 9.53. The van der Waals surface area contributed by atoms with Crippen molar-refractivity contribution in [2.45, 2.75) is 12.6 Å². The molecule has 3 rings (SSSR count). The number of nitrogens with two attached hydrogens (primary N) is 1. The van der Waals surface area contributed by atoms with Crippen molar-refractivity contribution in [2.24, 2.45) is 5.73 Å². The molecular weight excluding hydrogens is 362 g/mol. The van der Waals surface area contributed by atoms with Crippen LogP contribution in [0.1, 0.15) is 22.7 Å². The maximum atomic E-state index is 9.53. The predicted octanol–water partition coefficient (Wildman–Crippen LogP) is 2.45. The molecule has 1 saturated heterocycles. The SMILES string of the molecule is COc1ccc(N2CCN(Cc3cc(C(N)CN(C)C)ccc3C#N)CC2)cc1. The first-order chi connectivity index (χ1) is 14.0. The summed E-state index contributed by atoms with van der Waals surface area (Å²) in [5.41, 5.74) is 10.5. The van der Waals surface area contributed by atoms with E-state index in [1.54, 1.807) is 7.11 Å². The molecule has 2 aromatic carbocycles. The van der Waals surface area contributed by atoms with Crippen LogP contribution in [0, 0.1) is 11.3 Å². The van der Waals surface area contributed by atoms with Gasteiger partial charge in [-0.1, -0.05) is 12.1 Å². The number of nitriles is 1. The van der Waals surface area contributed by atoms with Crippen molar-refractivity contribution in [2.75, 3.05) is 58.8 Å². The molecule has 0 aliphatic carbocycles. The van der Waals surface area contributed by atoms with Crippen molar-refractivity contribution in [1.29, 1.82) is 5.26 Å². The van der Waals surface area contributed by atoms with Gasteiger partial charge in [-0.15, -0.1) is 0 Å². The fourth-order valence-corrected chi connectivity index (χ4v) is 3.78. The Morgan fingerprint density at radius 2 is 1.79 bits per heavy atom. The minimum Gasteiger partial charge on any atom is -0.497 e. The van der Waals surface area contributed by atoms with Crippen LogP contribution >= 0.6 is 0 Å². The zero-order valence-electron chi connectivity index (χ0n) is 17.6. The number of ether oxygens (including phenoxy) is 1. The van der Waals surface area contributed by atoms with Gasteiger partial charge in [0.15, 0.2) is 0 Å². The topological polar surface area (TPSA) is 68.8 Å². The molecule has 1 atom stereocenters. The van der Waals surface area contributed by atoms with Gasteiger partial charge in [0.1, 0.15) is 5.75 Å². The molecule has 29 heavy (non-hydrogen) atoms. The lowest BCUT2D eigenvalue weighted by molar-refractivity contribution is 0.249. The summed E-state index contributed by atoms with van der Waals surface area (Å²) in [6.07, 6.45) is 0. The second-order valence-corrected chi connectivity index (χ2v) is 7.86. The second-order valence-electron chi connectivity index (χ2n) is 7.86. The Morgan fingerprint density at radius 1 is 1.10 bits per heavy atom. The van der Waals surface area contributed by atoms with E-state index in [2.05, 4.69) is 39.0 Å². The standard InChI is InChI=1S/C23H31N5O/c1-26(2)17-23(25)18-4-5-19(15-24)20(14-18)16-27-10-12-28(13-11-27)21-6-8-22(29-3)9-7-21/h4-9,14,23H,10-13,16-17,25H2,1-3H3. The number of benzene rings is 2. The molecule has 1 unspecified atom stereocenters. The highest BCUT2D eigenvalue weighted by molar-refractivity contribution is 5.49. The average molecular weight is 394 g/mol. The molecule has 0 amide bonds. The minimum atomic E-state index is -0.0524. The Labute approximate surface area is 174 Å². The molecule has 6 nitrogen and oxygen atoms in total. The van der Waals surface area contributed by atoms with Gasteiger partial charge in [-0.05, 0) is 55.6 Å². The maximum Gasteiger partial charge on any atom is 0.119 e. The van der Waals surface area contributed by atoms with Crippen molar-refractivity contribution in [3.05, 3.63) is 59.2 Å². The van der Waals surface area contributed by atoms with E-state index in [-0.39, 0.29) is 6.04 Å². The van der Waals surface area contributed by atoms with Gasteiger partial charge < -0.3 is 20.3 Å². The zero-order valence-corrected chi connectivity index (χ0v) is 17.6. The quantitative estimate of drug-likeness (QED) is 0.779.